The Morgan fingerprint density at radius 2 is 0.818 bits per heavy atom. The summed E-state index contributed by atoms with van der Waals surface area (Å²) in [5.74, 6) is -1.01. The molecule has 0 spiro atoms. The molecule has 6 nitrogen and oxygen atoms in total. The van der Waals surface area contributed by atoms with Crippen molar-refractivity contribution in [3.8, 4) is 0 Å². The second-order valence-electron chi connectivity index (χ2n) is 11.8. The number of aryl methyl sites for hydroxylation is 2. The zero-order valence-corrected chi connectivity index (χ0v) is 28.4. The van der Waals surface area contributed by atoms with Crippen LogP contribution in [0.5, 0.6) is 0 Å². The van der Waals surface area contributed by atoms with Crippen molar-refractivity contribution in [2.75, 3.05) is 0 Å². The highest BCUT2D eigenvalue weighted by Crippen LogP contribution is 2.49. The Balaban J connectivity index is 1.40. The van der Waals surface area contributed by atoms with E-state index < -0.39 is 40.7 Å². The molecule has 0 unspecified atom stereocenters. The summed E-state index contributed by atoms with van der Waals surface area (Å²) in [7, 11) is -7.93. The molecule has 10 heteroatoms. The van der Waals surface area contributed by atoms with Crippen molar-refractivity contribution in [2.24, 2.45) is 0 Å². The van der Waals surface area contributed by atoms with Crippen LogP contribution in [-0.4, -0.2) is 37.9 Å². The number of hydrogen-bond acceptors (Lipinski definition) is 8. The van der Waals surface area contributed by atoms with Gasteiger partial charge in [-0.15, -0.1) is 0 Å². The monoisotopic (exact) mass is 664 g/mol. The topological polar surface area (TPSA) is 102 Å². The van der Waals surface area contributed by atoms with Crippen molar-refractivity contribution < 1.29 is 26.4 Å². The number of benzene rings is 4. The fraction of sp³-hybridized carbons (Fsp3) is 0.235. The van der Waals surface area contributed by atoms with Gasteiger partial charge >= 0.3 is 0 Å². The van der Waals surface area contributed by atoms with Crippen molar-refractivity contribution in [3.63, 3.8) is 0 Å². The van der Waals surface area contributed by atoms with Crippen LogP contribution >= 0.6 is 23.5 Å². The maximum atomic E-state index is 13.6. The van der Waals surface area contributed by atoms with Crippen LogP contribution in [0, 0.1) is 13.8 Å². The average molecular weight is 665 g/mol. The summed E-state index contributed by atoms with van der Waals surface area (Å²) in [5.41, 5.74) is 2.42. The average Bonchev–Trinajstić information content (AvgIpc) is 2.98. The Morgan fingerprint density at radius 3 is 1.14 bits per heavy atom. The Kier molecular flexibility index (Phi) is 8.29. The fourth-order valence-electron chi connectivity index (χ4n) is 4.83. The normalized spacial score (nSPS) is 13.6. The lowest BCUT2D eigenvalue weighted by Gasteiger charge is -2.26. The van der Waals surface area contributed by atoms with Gasteiger partial charge in [-0.1, -0.05) is 71.0 Å². The van der Waals surface area contributed by atoms with E-state index >= 15 is 0 Å². The number of hydrogen-bond donors (Lipinski definition) is 0. The van der Waals surface area contributed by atoms with Gasteiger partial charge in [0.1, 0.15) is 9.49 Å². The molecule has 0 aromatic heterocycles. The standard InChI is InChI=1S/C34H32O6S4/c1-21-7-13-25(14-8-21)43(37,38)33(3,4)31(35)23-11-17-27-29(19-23)41-28-18-12-24(20-30(28)42-27)32(36)34(5,6)44(39,40)26-15-9-22(2)10-16-26/h7-20H,1-6H3. The summed E-state index contributed by atoms with van der Waals surface area (Å²) in [6.45, 7) is 9.45. The number of sulfone groups is 2. The summed E-state index contributed by atoms with van der Waals surface area (Å²) in [5, 5.41) is 0. The number of carbonyl (C=O) groups excluding carboxylic acids is 2. The van der Waals surface area contributed by atoms with E-state index in [1.807, 2.05) is 13.8 Å². The lowest BCUT2D eigenvalue weighted by molar-refractivity contribution is 0.0945. The second-order valence-corrected chi connectivity index (χ2v) is 19.0. The van der Waals surface area contributed by atoms with Crippen molar-refractivity contribution in [1.82, 2.24) is 0 Å². The lowest BCUT2D eigenvalue weighted by Crippen LogP contribution is -2.40. The van der Waals surface area contributed by atoms with E-state index in [0.29, 0.717) is 0 Å². The van der Waals surface area contributed by atoms with Crippen LogP contribution in [0.3, 0.4) is 0 Å². The third kappa shape index (κ3) is 5.46. The lowest BCUT2D eigenvalue weighted by atomic mass is 10.0. The minimum atomic E-state index is -3.96. The van der Waals surface area contributed by atoms with E-state index in [1.54, 1.807) is 60.7 Å². The van der Waals surface area contributed by atoms with Crippen LogP contribution in [0.4, 0.5) is 0 Å². The number of fused-ring (bicyclic) bond motifs is 2. The quantitative estimate of drug-likeness (QED) is 0.155. The van der Waals surface area contributed by atoms with Gasteiger partial charge in [-0.3, -0.25) is 9.59 Å². The molecule has 0 amide bonds. The minimum Gasteiger partial charge on any atom is -0.292 e. The summed E-state index contributed by atoms with van der Waals surface area (Å²) < 4.78 is 50.4. The predicted octanol–water partition coefficient (Wildman–Crippen LogP) is 7.79. The van der Waals surface area contributed by atoms with Crippen molar-refractivity contribution in [1.29, 1.82) is 0 Å². The van der Waals surface area contributed by atoms with Gasteiger partial charge in [0.15, 0.2) is 31.2 Å². The first-order valence-electron chi connectivity index (χ1n) is 13.8. The van der Waals surface area contributed by atoms with Gasteiger partial charge in [0.25, 0.3) is 0 Å². The molecule has 4 aromatic carbocycles. The molecule has 228 valence electrons. The number of carbonyl (C=O) groups is 2. The van der Waals surface area contributed by atoms with E-state index in [2.05, 4.69) is 0 Å². The number of Topliss-reactive ketones (excluding diaryl/α,β-unsaturated/α-hetero) is 2. The molecular formula is C34H32O6S4. The van der Waals surface area contributed by atoms with Gasteiger partial charge in [-0.05, 0) is 90.1 Å². The van der Waals surface area contributed by atoms with E-state index in [4.69, 9.17) is 0 Å². The van der Waals surface area contributed by atoms with E-state index in [1.165, 1.54) is 75.5 Å². The molecule has 0 saturated carbocycles. The van der Waals surface area contributed by atoms with Gasteiger partial charge < -0.3 is 0 Å². The minimum absolute atomic E-state index is 0.0958. The molecule has 0 fully saturated rings. The highest BCUT2D eigenvalue weighted by molar-refractivity contribution is 8.05. The van der Waals surface area contributed by atoms with Gasteiger partial charge in [0, 0.05) is 30.7 Å². The first-order valence-corrected chi connectivity index (χ1v) is 18.4. The zero-order valence-electron chi connectivity index (χ0n) is 25.2. The molecule has 0 N–H and O–H groups in total. The molecule has 4 aromatic rings. The molecule has 0 aliphatic carbocycles. The van der Waals surface area contributed by atoms with E-state index in [0.717, 1.165) is 30.7 Å². The number of rotatable bonds is 8. The maximum absolute atomic E-state index is 13.6. The predicted molar refractivity (Wildman–Crippen MR) is 175 cm³/mol. The molecule has 0 atom stereocenters. The molecule has 1 heterocycles. The fourth-order valence-corrected chi connectivity index (χ4v) is 9.99. The van der Waals surface area contributed by atoms with Gasteiger partial charge in [0.2, 0.25) is 0 Å². The highest BCUT2D eigenvalue weighted by atomic mass is 32.2. The van der Waals surface area contributed by atoms with E-state index in [9.17, 15) is 26.4 Å². The number of ketones is 2. The van der Waals surface area contributed by atoms with Gasteiger partial charge in [-0.2, -0.15) is 0 Å². The summed E-state index contributed by atoms with van der Waals surface area (Å²) in [4.78, 5) is 30.7. The Bertz CT molecular complexity index is 1880. The summed E-state index contributed by atoms with van der Waals surface area (Å²) >= 11 is 2.82. The van der Waals surface area contributed by atoms with Crippen LogP contribution in [0.2, 0.25) is 0 Å². The Hall–Kier alpha value is -3.18. The van der Waals surface area contributed by atoms with E-state index in [-0.39, 0.29) is 20.9 Å². The first-order chi connectivity index (χ1) is 20.5. The highest BCUT2D eigenvalue weighted by Gasteiger charge is 2.44. The second kappa shape index (κ2) is 11.3. The molecule has 44 heavy (non-hydrogen) atoms. The third-order valence-corrected chi connectivity index (χ3v) is 15.3. The molecule has 1 aliphatic rings. The van der Waals surface area contributed by atoms with Gasteiger partial charge in [0.05, 0.1) is 9.79 Å². The third-order valence-electron chi connectivity index (χ3n) is 7.95. The molecule has 1 aliphatic heterocycles. The molecular weight excluding hydrogens is 633 g/mol. The summed E-state index contributed by atoms with van der Waals surface area (Å²) in [6, 6.07) is 23.1. The first kappa shape index (κ1) is 32.2. The smallest absolute Gasteiger partial charge is 0.190 e. The summed E-state index contributed by atoms with van der Waals surface area (Å²) in [6.07, 6.45) is 0. The zero-order chi connectivity index (χ0) is 32.2. The van der Waals surface area contributed by atoms with Crippen LogP contribution < -0.4 is 0 Å². The van der Waals surface area contributed by atoms with Crippen LogP contribution in [0.15, 0.2) is 114 Å². The largest absolute Gasteiger partial charge is 0.292 e. The molecule has 5 rings (SSSR count). The maximum Gasteiger partial charge on any atom is 0.190 e. The molecule has 0 radical (unpaired) electrons. The van der Waals surface area contributed by atoms with Crippen LogP contribution in [0.1, 0.15) is 59.5 Å². The van der Waals surface area contributed by atoms with Crippen LogP contribution in [-0.2, 0) is 19.7 Å². The van der Waals surface area contributed by atoms with Crippen LogP contribution in [0.25, 0.3) is 0 Å². The SMILES string of the molecule is Cc1ccc(S(=O)(=O)C(C)(C)C(=O)c2ccc3c(c2)Sc2ccc(C(=O)C(C)(C)S(=O)(=O)c4ccc(C)cc4)cc2S3)cc1. The van der Waals surface area contributed by atoms with Gasteiger partial charge in [-0.25, -0.2) is 16.8 Å². The molecule has 0 bridgehead atoms. The molecule has 0 saturated heterocycles. The Labute approximate surface area is 267 Å². The van der Waals surface area contributed by atoms with Crippen molar-refractivity contribution in [3.05, 3.63) is 107 Å². The van der Waals surface area contributed by atoms with Crippen molar-refractivity contribution >= 4 is 54.8 Å². The van der Waals surface area contributed by atoms with Crippen molar-refractivity contribution in [2.45, 2.75) is 80.4 Å². The Morgan fingerprint density at radius 1 is 0.500 bits per heavy atom.